The van der Waals surface area contributed by atoms with Gasteiger partial charge in [0.25, 0.3) is 0 Å². The van der Waals surface area contributed by atoms with Gasteiger partial charge in [-0.2, -0.15) is 0 Å². The Balaban J connectivity index is 3.29. The van der Waals surface area contributed by atoms with Crippen molar-refractivity contribution in [3.63, 3.8) is 0 Å². The van der Waals surface area contributed by atoms with Crippen LogP contribution in [-0.2, 0) is 16.8 Å². The molecule has 0 unspecified atom stereocenters. The van der Waals surface area contributed by atoms with Gasteiger partial charge in [0.1, 0.15) is 5.82 Å². The standard InChI is InChI=1S/C12H16BrFO2/c1-12(2,7-15)10-5-9(13)4-8(6-16-3)11(10)14/h4-5,15H,6-7H2,1-3H3. The Labute approximate surface area is 104 Å². The first-order valence-corrected chi connectivity index (χ1v) is 5.80. The largest absolute Gasteiger partial charge is 0.395 e. The molecule has 0 aliphatic heterocycles. The maximum Gasteiger partial charge on any atom is 0.132 e. The molecule has 0 heterocycles. The minimum absolute atomic E-state index is 0.104. The molecule has 0 spiro atoms. The lowest BCUT2D eigenvalue weighted by Crippen LogP contribution is -2.24. The Hall–Kier alpha value is -0.450. The minimum Gasteiger partial charge on any atom is -0.395 e. The van der Waals surface area contributed by atoms with Crippen molar-refractivity contribution in [3.05, 3.63) is 33.5 Å². The molecule has 2 nitrogen and oxygen atoms in total. The number of aliphatic hydroxyl groups is 1. The Morgan fingerprint density at radius 2 is 2.06 bits per heavy atom. The van der Waals surface area contributed by atoms with Crippen molar-refractivity contribution in [1.82, 2.24) is 0 Å². The molecule has 0 saturated carbocycles. The van der Waals surface area contributed by atoms with E-state index in [9.17, 15) is 9.50 Å². The van der Waals surface area contributed by atoms with Gasteiger partial charge in [0.05, 0.1) is 13.2 Å². The summed E-state index contributed by atoms with van der Waals surface area (Å²) in [5.41, 5.74) is 0.390. The third kappa shape index (κ3) is 2.81. The second kappa shape index (κ2) is 5.25. The molecule has 0 saturated heterocycles. The summed E-state index contributed by atoms with van der Waals surface area (Å²) in [5, 5.41) is 9.27. The van der Waals surface area contributed by atoms with Crippen molar-refractivity contribution in [2.45, 2.75) is 25.9 Å². The number of hydrogen-bond donors (Lipinski definition) is 1. The highest BCUT2D eigenvalue weighted by Gasteiger charge is 2.25. The Bertz CT molecular complexity index is 378. The quantitative estimate of drug-likeness (QED) is 0.924. The van der Waals surface area contributed by atoms with Crippen LogP contribution in [0, 0.1) is 5.82 Å². The van der Waals surface area contributed by atoms with E-state index < -0.39 is 5.41 Å². The first-order chi connectivity index (χ1) is 7.42. The smallest absolute Gasteiger partial charge is 0.132 e. The predicted octanol–water partition coefficient (Wildman–Crippen LogP) is 3.00. The first kappa shape index (κ1) is 13.6. The highest BCUT2D eigenvalue weighted by atomic mass is 79.9. The van der Waals surface area contributed by atoms with Crippen LogP contribution in [0.25, 0.3) is 0 Å². The van der Waals surface area contributed by atoms with Crippen molar-refractivity contribution in [2.75, 3.05) is 13.7 Å². The Morgan fingerprint density at radius 3 is 2.56 bits per heavy atom. The van der Waals surface area contributed by atoms with Crippen LogP contribution in [0.15, 0.2) is 16.6 Å². The van der Waals surface area contributed by atoms with Crippen molar-refractivity contribution in [3.8, 4) is 0 Å². The van der Waals surface area contributed by atoms with E-state index in [1.54, 1.807) is 26.0 Å². The van der Waals surface area contributed by atoms with Gasteiger partial charge in [0, 0.05) is 22.6 Å². The van der Waals surface area contributed by atoms with E-state index in [2.05, 4.69) is 15.9 Å². The molecule has 0 aliphatic carbocycles. The summed E-state index contributed by atoms with van der Waals surface area (Å²) in [5.74, 6) is -0.302. The molecule has 1 N–H and O–H groups in total. The highest BCUT2D eigenvalue weighted by Crippen LogP contribution is 2.30. The molecule has 1 aromatic carbocycles. The van der Waals surface area contributed by atoms with Gasteiger partial charge in [-0.3, -0.25) is 0 Å². The van der Waals surface area contributed by atoms with Crippen LogP contribution >= 0.6 is 15.9 Å². The van der Waals surface area contributed by atoms with E-state index in [4.69, 9.17) is 4.74 Å². The number of aliphatic hydroxyl groups excluding tert-OH is 1. The van der Waals surface area contributed by atoms with Crippen molar-refractivity contribution < 1.29 is 14.2 Å². The van der Waals surface area contributed by atoms with Crippen molar-refractivity contribution >= 4 is 15.9 Å². The average Bonchev–Trinajstić information content (AvgIpc) is 2.23. The monoisotopic (exact) mass is 290 g/mol. The topological polar surface area (TPSA) is 29.5 Å². The molecule has 16 heavy (non-hydrogen) atoms. The van der Waals surface area contributed by atoms with Gasteiger partial charge in [-0.1, -0.05) is 29.8 Å². The molecule has 0 bridgehead atoms. The van der Waals surface area contributed by atoms with Crippen LogP contribution in [0.3, 0.4) is 0 Å². The lowest BCUT2D eigenvalue weighted by Gasteiger charge is -2.24. The predicted molar refractivity (Wildman–Crippen MR) is 64.9 cm³/mol. The molecule has 90 valence electrons. The fourth-order valence-electron chi connectivity index (χ4n) is 1.48. The third-order valence-electron chi connectivity index (χ3n) is 2.54. The zero-order valence-electron chi connectivity index (χ0n) is 9.68. The molecule has 4 heteroatoms. The number of ether oxygens (including phenoxy) is 1. The number of hydrogen-bond acceptors (Lipinski definition) is 2. The van der Waals surface area contributed by atoms with Gasteiger partial charge in [0.15, 0.2) is 0 Å². The average molecular weight is 291 g/mol. The number of rotatable bonds is 4. The Kier molecular flexibility index (Phi) is 4.47. The van der Waals surface area contributed by atoms with E-state index in [0.29, 0.717) is 11.1 Å². The summed E-state index contributed by atoms with van der Waals surface area (Å²) in [6, 6.07) is 3.39. The maximum absolute atomic E-state index is 14.1. The molecule has 0 amide bonds. The maximum atomic E-state index is 14.1. The van der Waals surface area contributed by atoms with Crippen LogP contribution < -0.4 is 0 Å². The SMILES string of the molecule is COCc1cc(Br)cc(C(C)(C)CO)c1F. The number of methoxy groups -OCH3 is 1. The van der Waals surface area contributed by atoms with Gasteiger partial charge in [-0.15, -0.1) is 0 Å². The van der Waals surface area contributed by atoms with Crippen LogP contribution in [0.5, 0.6) is 0 Å². The molecule has 1 rings (SSSR count). The van der Waals surface area contributed by atoms with Crippen molar-refractivity contribution in [1.29, 1.82) is 0 Å². The molecule has 0 radical (unpaired) electrons. The lowest BCUT2D eigenvalue weighted by atomic mass is 9.84. The molecule has 0 aliphatic rings. The normalized spacial score (nSPS) is 11.9. The summed E-state index contributed by atoms with van der Waals surface area (Å²) in [4.78, 5) is 0. The summed E-state index contributed by atoms with van der Waals surface area (Å²) in [6.45, 7) is 3.72. The summed E-state index contributed by atoms with van der Waals surface area (Å²) < 4.78 is 19.8. The van der Waals surface area contributed by atoms with Gasteiger partial charge >= 0.3 is 0 Å². The fraction of sp³-hybridized carbons (Fsp3) is 0.500. The van der Waals surface area contributed by atoms with Crippen LogP contribution in [0.4, 0.5) is 4.39 Å². The van der Waals surface area contributed by atoms with Crippen LogP contribution in [-0.4, -0.2) is 18.8 Å². The molecular formula is C12H16BrFO2. The summed E-state index contributed by atoms with van der Waals surface area (Å²) in [7, 11) is 1.53. The van der Waals surface area contributed by atoms with E-state index in [1.807, 2.05) is 0 Å². The fourth-order valence-corrected chi connectivity index (χ4v) is 1.99. The molecule has 0 aromatic heterocycles. The van der Waals surface area contributed by atoms with Gasteiger partial charge in [-0.25, -0.2) is 4.39 Å². The van der Waals surface area contributed by atoms with Crippen LogP contribution in [0.2, 0.25) is 0 Å². The van der Waals surface area contributed by atoms with Crippen LogP contribution in [0.1, 0.15) is 25.0 Å². The highest BCUT2D eigenvalue weighted by molar-refractivity contribution is 9.10. The zero-order valence-corrected chi connectivity index (χ0v) is 11.3. The molecule has 1 aromatic rings. The Morgan fingerprint density at radius 1 is 1.44 bits per heavy atom. The summed E-state index contributed by atoms with van der Waals surface area (Å²) >= 11 is 3.33. The van der Waals surface area contributed by atoms with Gasteiger partial charge in [0.2, 0.25) is 0 Å². The summed E-state index contributed by atoms with van der Waals surface area (Å²) in [6.07, 6.45) is 0. The molecular weight excluding hydrogens is 275 g/mol. The third-order valence-corrected chi connectivity index (χ3v) is 2.99. The van der Waals surface area contributed by atoms with E-state index in [-0.39, 0.29) is 19.0 Å². The number of halogens is 2. The van der Waals surface area contributed by atoms with Gasteiger partial charge < -0.3 is 9.84 Å². The van der Waals surface area contributed by atoms with E-state index in [1.165, 1.54) is 7.11 Å². The minimum atomic E-state index is -0.601. The van der Waals surface area contributed by atoms with Crippen molar-refractivity contribution in [2.24, 2.45) is 0 Å². The van der Waals surface area contributed by atoms with E-state index >= 15 is 0 Å². The lowest BCUT2D eigenvalue weighted by molar-refractivity contribution is 0.179. The van der Waals surface area contributed by atoms with Gasteiger partial charge in [-0.05, 0) is 17.7 Å². The molecule has 0 atom stereocenters. The first-order valence-electron chi connectivity index (χ1n) is 5.00. The number of benzene rings is 1. The second-order valence-electron chi connectivity index (χ2n) is 4.40. The zero-order chi connectivity index (χ0) is 12.3. The second-order valence-corrected chi connectivity index (χ2v) is 5.32. The van der Waals surface area contributed by atoms with E-state index in [0.717, 1.165) is 4.47 Å². The molecule has 0 fully saturated rings.